The maximum atomic E-state index is 12.4. The molecule has 1 heterocycles. The highest BCUT2D eigenvalue weighted by Gasteiger charge is 2.19. The molecule has 2 rings (SSSR count). The van der Waals surface area contributed by atoms with E-state index in [1.807, 2.05) is 0 Å². The number of hydrogen-bond donors (Lipinski definition) is 1. The molecule has 1 aromatic rings. The van der Waals surface area contributed by atoms with E-state index < -0.39 is 6.43 Å². The maximum absolute atomic E-state index is 12.4. The Balaban J connectivity index is 1.92. The van der Waals surface area contributed by atoms with Crippen molar-refractivity contribution in [1.82, 2.24) is 4.90 Å². The van der Waals surface area contributed by atoms with E-state index >= 15 is 0 Å². The van der Waals surface area contributed by atoms with Gasteiger partial charge in [-0.15, -0.1) is 0 Å². The van der Waals surface area contributed by atoms with E-state index in [4.69, 9.17) is 10.5 Å². The standard InChI is InChI=1S/C13H18F2N2O/c14-13(15)11-3-1-10(2-4-11)8-17-5-6-18-12(7-16)9-17/h1-4,12-13H,5-9,16H2. The third-order valence-corrected chi connectivity index (χ3v) is 3.12. The van der Waals surface area contributed by atoms with E-state index in [9.17, 15) is 8.78 Å². The van der Waals surface area contributed by atoms with Crippen molar-refractivity contribution in [2.75, 3.05) is 26.2 Å². The molecule has 0 amide bonds. The lowest BCUT2D eigenvalue weighted by molar-refractivity contribution is -0.0260. The van der Waals surface area contributed by atoms with Crippen LogP contribution in [0.3, 0.4) is 0 Å². The van der Waals surface area contributed by atoms with Crippen molar-refractivity contribution in [3.8, 4) is 0 Å². The molecule has 1 aliphatic heterocycles. The van der Waals surface area contributed by atoms with Gasteiger partial charge >= 0.3 is 0 Å². The summed E-state index contributed by atoms with van der Waals surface area (Å²) in [5.74, 6) is 0. The van der Waals surface area contributed by atoms with Crippen LogP contribution in [0, 0.1) is 0 Å². The summed E-state index contributed by atoms with van der Waals surface area (Å²) in [5, 5.41) is 0. The molecule has 5 heteroatoms. The first kappa shape index (κ1) is 13.4. The lowest BCUT2D eigenvalue weighted by Gasteiger charge is -2.32. The van der Waals surface area contributed by atoms with Crippen LogP contribution in [-0.4, -0.2) is 37.2 Å². The van der Waals surface area contributed by atoms with Gasteiger partial charge in [-0.3, -0.25) is 4.90 Å². The smallest absolute Gasteiger partial charge is 0.263 e. The number of halogens is 2. The lowest BCUT2D eigenvalue weighted by atomic mass is 10.1. The van der Waals surface area contributed by atoms with Gasteiger partial charge in [0.2, 0.25) is 0 Å². The molecule has 0 bridgehead atoms. The second-order valence-corrected chi connectivity index (χ2v) is 4.51. The van der Waals surface area contributed by atoms with Crippen molar-refractivity contribution in [2.24, 2.45) is 5.73 Å². The van der Waals surface area contributed by atoms with Crippen LogP contribution in [0.2, 0.25) is 0 Å². The predicted molar refractivity (Wildman–Crippen MR) is 65.5 cm³/mol. The first-order valence-corrected chi connectivity index (χ1v) is 6.10. The Morgan fingerprint density at radius 1 is 1.33 bits per heavy atom. The summed E-state index contributed by atoms with van der Waals surface area (Å²) >= 11 is 0. The van der Waals surface area contributed by atoms with Crippen LogP contribution in [0.15, 0.2) is 24.3 Å². The maximum Gasteiger partial charge on any atom is 0.263 e. The van der Waals surface area contributed by atoms with Gasteiger partial charge in [0, 0.05) is 31.7 Å². The normalized spacial score (nSPS) is 21.4. The SMILES string of the molecule is NCC1CN(Cc2ccc(C(F)F)cc2)CCO1. The average molecular weight is 256 g/mol. The molecule has 0 spiro atoms. The van der Waals surface area contributed by atoms with Gasteiger partial charge in [0.15, 0.2) is 0 Å². The summed E-state index contributed by atoms with van der Waals surface area (Å²) in [6.45, 7) is 3.60. The van der Waals surface area contributed by atoms with Crippen LogP contribution in [0.25, 0.3) is 0 Å². The minimum Gasteiger partial charge on any atom is -0.374 e. The molecule has 2 N–H and O–H groups in total. The minimum atomic E-state index is -2.40. The number of morpholine rings is 1. The van der Waals surface area contributed by atoms with Crippen LogP contribution in [0.5, 0.6) is 0 Å². The zero-order valence-corrected chi connectivity index (χ0v) is 10.2. The van der Waals surface area contributed by atoms with E-state index in [1.165, 1.54) is 12.1 Å². The van der Waals surface area contributed by atoms with E-state index in [0.717, 1.165) is 25.2 Å². The molecule has 3 nitrogen and oxygen atoms in total. The Kier molecular flexibility index (Phi) is 4.63. The molecule has 1 fully saturated rings. The first-order chi connectivity index (χ1) is 8.69. The second-order valence-electron chi connectivity index (χ2n) is 4.51. The number of alkyl halides is 2. The Morgan fingerprint density at radius 3 is 2.67 bits per heavy atom. The Morgan fingerprint density at radius 2 is 2.06 bits per heavy atom. The van der Waals surface area contributed by atoms with Gasteiger partial charge in [0.25, 0.3) is 6.43 Å². The highest BCUT2D eigenvalue weighted by molar-refractivity contribution is 5.23. The molecule has 1 aromatic carbocycles. The fraction of sp³-hybridized carbons (Fsp3) is 0.538. The first-order valence-electron chi connectivity index (χ1n) is 6.10. The number of benzene rings is 1. The molecule has 1 saturated heterocycles. The topological polar surface area (TPSA) is 38.5 Å². The Labute approximate surface area is 106 Å². The summed E-state index contributed by atoms with van der Waals surface area (Å²) in [7, 11) is 0. The third-order valence-electron chi connectivity index (χ3n) is 3.12. The Hall–Kier alpha value is -1.04. The van der Waals surface area contributed by atoms with Crippen molar-refractivity contribution < 1.29 is 13.5 Å². The summed E-state index contributed by atoms with van der Waals surface area (Å²) in [6.07, 6.45) is -2.32. The third kappa shape index (κ3) is 3.48. The van der Waals surface area contributed by atoms with Crippen molar-refractivity contribution in [2.45, 2.75) is 19.1 Å². The monoisotopic (exact) mass is 256 g/mol. The largest absolute Gasteiger partial charge is 0.374 e. The van der Waals surface area contributed by atoms with Crippen LogP contribution < -0.4 is 5.73 Å². The van der Waals surface area contributed by atoms with E-state index in [2.05, 4.69) is 4.90 Å². The molecule has 0 aliphatic carbocycles. The van der Waals surface area contributed by atoms with Crippen LogP contribution in [0.4, 0.5) is 8.78 Å². The van der Waals surface area contributed by atoms with Crippen molar-refractivity contribution in [1.29, 1.82) is 0 Å². The molecule has 0 aromatic heterocycles. The number of rotatable bonds is 4. The highest BCUT2D eigenvalue weighted by Crippen LogP contribution is 2.19. The van der Waals surface area contributed by atoms with E-state index in [-0.39, 0.29) is 11.7 Å². The van der Waals surface area contributed by atoms with Gasteiger partial charge in [0.05, 0.1) is 12.7 Å². The molecule has 100 valence electrons. The van der Waals surface area contributed by atoms with E-state index in [1.54, 1.807) is 12.1 Å². The number of nitrogens with zero attached hydrogens (tertiary/aromatic N) is 1. The molecule has 1 atom stereocenters. The van der Waals surface area contributed by atoms with Crippen LogP contribution >= 0.6 is 0 Å². The van der Waals surface area contributed by atoms with Gasteiger partial charge in [-0.25, -0.2) is 8.78 Å². The van der Waals surface area contributed by atoms with Crippen molar-refractivity contribution in [3.63, 3.8) is 0 Å². The molecular weight excluding hydrogens is 238 g/mol. The number of hydrogen-bond acceptors (Lipinski definition) is 3. The van der Waals surface area contributed by atoms with Crippen molar-refractivity contribution >= 4 is 0 Å². The number of ether oxygens (including phenoxy) is 1. The van der Waals surface area contributed by atoms with Gasteiger partial charge in [-0.05, 0) is 5.56 Å². The summed E-state index contributed by atoms with van der Waals surface area (Å²) < 4.78 is 30.3. The zero-order chi connectivity index (χ0) is 13.0. The van der Waals surface area contributed by atoms with Crippen LogP contribution in [-0.2, 0) is 11.3 Å². The van der Waals surface area contributed by atoms with Gasteiger partial charge in [-0.2, -0.15) is 0 Å². The van der Waals surface area contributed by atoms with Crippen LogP contribution in [0.1, 0.15) is 17.6 Å². The fourth-order valence-electron chi connectivity index (χ4n) is 2.09. The predicted octanol–water partition coefficient (Wildman–Crippen LogP) is 1.78. The number of nitrogens with two attached hydrogens (primary N) is 1. The summed E-state index contributed by atoms with van der Waals surface area (Å²) in [6, 6.07) is 6.49. The molecular formula is C13H18F2N2O. The average Bonchev–Trinajstić information content (AvgIpc) is 2.39. The lowest BCUT2D eigenvalue weighted by Crippen LogP contribution is -2.45. The molecule has 1 unspecified atom stereocenters. The minimum absolute atomic E-state index is 0.0700. The van der Waals surface area contributed by atoms with Gasteiger partial charge in [0.1, 0.15) is 0 Å². The molecule has 0 saturated carbocycles. The Bertz CT molecular complexity index is 370. The van der Waals surface area contributed by atoms with Crippen molar-refractivity contribution in [3.05, 3.63) is 35.4 Å². The fourth-order valence-corrected chi connectivity index (χ4v) is 2.09. The van der Waals surface area contributed by atoms with Gasteiger partial charge < -0.3 is 10.5 Å². The molecule has 18 heavy (non-hydrogen) atoms. The summed E-state index contributed by atoms with van der Waals surface area (Å²) in [4.78, 5) is 2.23. The molecule has 1 aliphatic rings. The molecule has 0 radical (unpaired) electrons. The summed E-state index contributed by atoms with van der Waals surface area (Å²) in [5.41, 5.74) is 6.69. The quantitative estimate of drug-likeness (QED) is 0.892. The van der Waals surface area contributed by atoms with Gasteiger partial charge in [-0.1, -0.05) is 24.3 Å². The zero-order valence-electron chi connectivity index (χ0n) is 10.2. The van der Waals surface area contributed by atoms with E-state index in [0.29, 0.717) is 13.2 Å². The second kappa shape index (κ2) is 6.22. The highest BCUT2D eigenvalue weighted by atomic mass is 19.3.